The van der Waals surface area contributed by atoms with Gasteiger partial charge in [0.1, 0.15) is 0 Å². The van der Waals surface area contributed by atoms with Gasteiger partial charge in [0, 0.05) is 48.2 Å². The normalized spacial score (nSPS) is 20.8. The molecule has 0 spiro atoms. The molecule has 5 heteroatoms. The zero-order chi connectivity index (χ0) is 18.3. The number of hydrogen-bond donors (Lipinski definition) is 2. The van der Waals surface area contributed by atoms with E-state index in [0.29, 0.717) is 5.92 Å². The summed E-state index contributed by atoms with van der Waals surface area (Å²) in [7, 11) is 0. The molecule has 4 rings (SSSR count). The van der Waals surface area contributed by atoms with Gasteiger partial charge in [0.25, 0.3) is 5.91 Å². The highest BCUT2D eigenvalue weighted by molar-refractivity contribution is 5.99. The van der Waals surface area contributed by atoms with E-state index in [4.69, 9.17) is 0 Å². The summed E-state index contributed by atoms with van der Waals surface area (Å²) in [6, 6.07) is 6.14. The molecule has 2 aromatic rings. The van der Waals surface area contributed by atoms with Crippen LogP contribution < -0.4 is 5.32 Å². The summed E-state index contributed by atoms with van der Waals surface area (Å²) in [6.07, 6.45) is 5.06. The summed E-state index contributed by atoms with van der Waals surface area (Å²) >= 11 is 0. The third kappa shape index (κ3) is 3.22. The number of H-pyrrole nitrogens is 1. The standard InChI is InChI=1S/C21H27N3O2/c1-13-3-5-19-17(11-13)18-12-15(4-6-20(18)23-19)21(26)22-16-7-9-24(10-8-16)14(2)25/h4,6,12-13,16,23H,3,5,7-11H2,1-2H3,(H,22,26). The van der Waals surface area contributed by atoms with Crippen LogP contribution in [0.5, 0.6) is 0 Å². The average Bonchev–Trinajstić information content (AvgIpc) is 2.99. The first-order chi connectivity index (χ1) is 12.5. The van der Waals surface area contributed by atoms with Crippen molar-refractivity contribution in [2.45, 2.75) is 52.0 Å². The van der Waals surface area contributed by atoms with Crippen molar-refractivity contribution in [2.24, 2.45) is 5.92 Å². The lowest BCUT2D eigenvalue weighted by Crippen LogP contribution is -2.45. The van der Waals surface area contributed by atoms with Crippen LogP contribution in [-0.2, 0) is 17.6 Å². The molecule has 1 unspecified atom stereocenters. The van der Waals surface area contributed by atoms with Crippen LogP contribution in [0.3, 0.4) is 0 Å². The molecule has 26 heavy (non-hydrogen) atoms. The summed E-state index contributed by atoms with van der Waals surface area (Å²) in [4.78, 5) is 29.5. The summed E-state index contributed by atoms with van der Waals surface area (Å²) in [6.45, 7) is 5.35. The molecule has 1 saturated heterocycles. The molecule has 1 aromatic carbocycles. The third-order valence-electron chi connectivity index (χ3n) is 5.97. The van der Waals surface area contributed by atoms with E-state index in [-0.39, 0.29) is 17.9 Å². The first-order valence-corrected chi connectivity index (χ1v) is 9.71. The molecule has 2 amide bonds. The van der Waals surface area contributed by atoms with Crippen molar-refractivity contribution in [2.75, 3.05) is 13.1 Å². The smallest absolute Gasteiger partial charge is 0.251 e. The molecule has 0 bridgehead atoms. The van der Waals surface area contributed by atoms with Gasteiger partial charge in [-0.1, -0.05) is 6.92 Å². The number of aromatic amines is 1. The Morgan fingerprint density at radius 2 is 1.96 bits per heavy atom. The number of nitrogens with one attached hydrogen (secondary N) is 2. The first kappa shape index (κ1) is 17.1. The van der Waals surface area contributed by atoms with Crippen LogP contribution in [0, 0.1) is 5.92 Å². The molecule has 1 aliphatic heterocycles. The maximum atomic E-state index is 12.7. The van der Waals surface area contributed by atoms with Gasteiger partial charge in [-0.15, -0.1) is 0 Å². The predicted octanol–water partition coefficient (Wildman–Crippen LogP) is 3.03. The lowest BCUT2D eigenvalue weighted by molar-refractivity contribution is -0.129. The van der Waals surface area contributed by atoms with E-state index in [1.54, 1.807) is 6.92 Å². The number of rotatable bonds is 2. The van der Waals surface area contributed by atoms with Crippen LogP contribution in [0.25, 0.3) is 10.9 Å². The van der Waals surface area contributed by atoms with Crippen LogP contribution in [0.15, 0.2) is 18.2 Å². The average molecular weight is 353 g/mol. The van der Waals surface area contributed by atoms with E-state index >= 15 is 0 Å². The minimum absolute atomic E-state index is 0.00742. The van der Waals surface area contributed by atoms with Crippen LogP contribution >= 0.6 is 0 Å². The van der Waals surface area contributed by atoms with E-state index < -0.39 is 0 Å². The van der Waals surface area contributed by atoms with Crippen molar-refractivity contribution in [3.05, 3.63) is 35.0 Å². The van der Waals surface area contributed by atoms with Gasteiger partial charge in [-0.05, 0) is 61.8 Å². The SMILES string of the molecule is CC(=O)N1CCC(NC(=O)c2ccc3[nH]c4c(c3c2)CC(C)CC4)CC1. The third-order valence-corrected chi connectivity index (χ3v) is 5.97. The van der Waals surface area contributed by atoms with Gasteiger partial charge in [0.15, 0.2) is 0 Å². The predicted molar refractivity (Wildman–Crippen MR) is 102 cm³/mol. The molecule has 1 aliphatic carbocycles. The van der Waals surface area contributed by atoms with Gasteiger partial charge >= 0.3 is 0 Å². The van der Waals surface area contributed by atoms with Crippen molar-refractivity contribution in [3.63, 3.8) is 0 Å². The van der Waals surface area contributed by atoms with Crippen molar-refractivity contribution in [3.8, 4) is 0 Å². The summed E-state index contributed by atoms with van der Waals surface area (Å²) < 4.78 is 0. The fourth-order valence-electron chi connectivity index (χ4n) is 4.34. The number of aryl methyl sites for hydroxylation is 1. The van der Waals surface area contributed by atoms with E-state index in [9.17, 15) is 9.59 Å². The number of amides is 2. The van der Waals surface area contributed by atoms with Crippen LogP contribution in [0.1, 0.15) is 54.7 Å². The number of piperidine rings is 1. The molecule has 0 radical (unpaired) electrons. The van der Waals surface area contributed by atoms with Crippen molar-refractivity contribution in [1.82, 2.24) is 15.2 Å². The van der Waals surface area contributed by atoms with E-state index in [0.717, 1.165) is 49.9 Å². The summed E-state index contributed by atoms with van der Waals surface area (Å²) in [5.41, 5.74) is 4.59. The summed E-state index contributed by atoms with van der Waals surface area (Å²) in [5, 5.41) is 4.35. The molecule has 2 heterocycles. The van der Waals surface area contributed by atoms with Gasteiger partial charge in [0.05, 0.1) is 0 Å². The highest BCUT2D eigenvalue weighted by Gasteiger charge is 2.24. The van der Waals surface area contributed by atoms with Gasteiger partial charge in [-0.25, -0.2) is 0 Å². The Balaban J connectivity index is 1.49. The lowest BCUT2D eigenvalue weighted by Gasteiger charge is -2.31. The molecule has 1 aromatic heterocycles. The topological polar surface area (TPSA) is 65.2 Å². The van der Waals surface area contributed by atoms with E-state index in [1.165, 1.54) is 23.1 Å². The maximum Gasteiger partial charge on any atom is 0.251 e. The van der Waals surface area contributed by atoms with E-state index in [1.807, 2.05) is 23.1 Å². The second kappa shape index (κ2) is 6.78. The largest absolute Gasteiger partial charge is 0.358 e. The molecule has 5 nitrogen and oxygen atoms in total. The van der Waals surface area contributed by atoms with Crippen LogP contribution in [-0.4, -0.2) is 40.8 Å². The monoisotopic (exact) mass is 353 g/mol. The minimum atomic E-state index is -0.00742. The van der Waals surface area contributed by atoms with Crippen LogP contribution in [0.2, 0.25) is 0 Å². The number of carbonyl (C=O) groups excluding carboxylic acids is 2. The lowest BCUT2D eigenvalue weighted by atomic mass is 9.87. The van der Waals surface area contributed by atoms with Gasteiger partial charge in [-0.3, -0.25) is 9.59 Å². The summed E-state index contributed by atoms with van der Waals surface area (Å²) in [5.74, 6) is 0.809. The minimum Gasteiger partial charge on any atom is -0.358 e. The fraction of sp³-hybridized carbons (Fsp3) is 0.524. The van der Waals surface area contributed by atoms with Crippen molar-refractivity contribution in [1.29, 1.82) is 0 Å². The Morgan fingerprint density at radius 1 is 1.19 bits per heavy atom. The number of nitrogens with zero attached hydrogens (tertiary/aromatic N) is 1. The van der Waals surface area contributed by atoms with Crippen molar-refractivity contribution >= 4 is 22.7 Å². The van der Waals surface area contributed by atoms with Gasteiger partial charge in [0.2, 0.25) is 5.91 Å². The molecule has 1 atom stereocenters. The molecule has 1 fully saturated rings. The van der Waals surface area contributed by atoms with Crippen molar-refractivity contribution < 1.29 is 9.59 Å². The number of carbonyl (C=O) groups is 2. The van der Waals surface area contributed by atoms with E-state index in [2.05, 4.69) is 17.2 Å². The second-order valence-electron chi connectivity index (χ2n) is 7.94. The Kier molecular flexibility index (Phi) is 4.47. The number of likely N-dealkylation sites (tertiary alicyclic amines) is 1. The van der Waals surface area contributed by atoms with Gasteiger partial charge in [-0.2, -0.15) is 0 Å². The first-order valence-electron chi connectivity index (χ1n) is 9.71. The Morgan fingerprint density at radius 3 is 2.69 bits per heavy atom. The Labute approximate surface area is 154 Å². The molecule has 2 N–H and O–H groups in total. The number of benzene rings is 1. The quantitative estimate of drug-likeness (QED) is 0.871. The van der Waals surface area contributed by atoms with Gasteiger partial charge < -0.3 is 15.2 Å². The fourth-order valence-corrected chi connectivity index (χ4v) is 4.34. The Bertz CT molecular complexity index is 846. The number of fused-ring (bicyclic) bond motifs is 3. The molecule has 0 saturated carbocycles. The highest BCUT2D eigenvalue weighted by Crippen LogP contribution is 2.32. The zero-order valence-corrected chi connectivity index (χ0v) is 15.6. The number of hydrogen-bond acceptors (Lipinski definition) is 2. The molecule has 2 aliphatic rings. The molecular weight excluding hydrogens is 326 g/mol. The number of aromatic nitrogens is 1. The highest BCUT2D eigenvalue weighted by atomic mass is 16.2. The molecule has 138 valence electrons. The Hall–Kier alpha value is -2.30. The van der Waals surface area contributed by atoms with Crippen LogP contribution in [0.4, 0.5) is 0 Å². The molecular formula is C21H27N3O2. The zero-order valence-electron chi connectivity index (χ0n) is 15.6. The second-order valence-corrected chi connectivity index (χ2v) is 7.94. The maximum absolute atomic E-state index is 12.7.